The van der Waals surface area contributed by atoms with Gasteiger partial charge in [0, 0.05) is 6.04 Å². The van der Waals surface area contributed by atoms with Crippen molar-refractivity contribution in [2.75, 3.05) is 0 Å². The lowest BCUT2D eigenvalue weighted by atomic mass is 9.80. The molecule has 2 N–H and O–H groups in total. The second-order valence-electron chi connectivity index (χ2n) is 5.12. The smallest absolute Gasteiger partial charge is 0.00104 e. The molecule has 1 heteroatoms. The molecule has 0 heterocycles. The van der Waals surface area contributed by atoms with Crippen LogP contribution in [-0.2, 0) is 5.41 Å². The fourth-order valence-electron chi connectivity index (χ4n) is 1.90. The summed E-state index contributed by atoms with van der Waals surface area (Å²) in [7, 11) is 0. The van der Waals surface area contributed by atoms with Crippen molar-refractivity contribution in [3.63, 3.8) is 0 Å². The fourth-order valence-corrected chi connectivity index (χ4v) is 1.90. The molecule has 0 saturated carbocycles. The molecule has 0 aliphatic carbocycles. The average Bonchev–Trinajstić information content (AvgIpc) is 2.18. The van der Waals surface area contributed by atoms with E-state index in [1.54, 1.807) is 0 Å². The molecular formula is C14H23N. The lowest BCUT2D eigenvalue weighted by Gasteiger charge is -2.25. The van der Waals surface area contributed by atoms with Gasteiger partial charge in [-0.15, -0.1) is 0 Å². The van der Waals surface area contributed by atoms with E-state index in [9.17, 15) is 0 Å². The molecule has 0 radical (unpaired) electrons. The SMILES string of the molecule is CC(N)CCCC(C)(C)c1ccccc1. The van der Waals surface area contributed by atoms with E-state index in [-0.39, 0.29) is 5.41 Å². The molecule has 1 aromatic carbocycles. The zero-order valence-electron chi connectivity index (χ0n) is 10.2. The maximum atomic E-state index is 5.76. The Morgan fingerprint density at radius 2 is 1.80 bits per heavy atom. The highest BCUT2D eigenvalue weighted by atomic mass is 14.6. The monoisotopic (exact) mass is 205 g/mol. The Bertz CT molecular complexity index is 275. The molecule has 0 aliphatic rings. The second-order valence-corrected chi connectivity index (χ2v) is 5.12. The summed E-state index contributed by atoms with van der Waals surface area (Å²) in [5, 5.41) is 0. The van der Waals surface area contributed by atoms with Crippen LogP contribution in [0.4, 0.5) is 0 Å². The highest BCUT2D eigenvalue weighted by Crippen LogP contribution is 2.28. The van der Waals surface area contributed by atoms with Gasteiger partial charge < -0.3 is 5.73 Å². The number of hydrogen-bond donors (Lipinski definition) is 1. The quantitative estimate of drug-likeness (QED) is 0.782. The molecule has 0 bridgehead atoms. The van der Waals surface area contributed by atoms with Crippen LogP contribution in [0, 0.1) is 0 Å². The Morgan fingerprint density at radius 1 is 1.20 bits per heavy atom. The maximum Gasteiger partial charge on any atom is 0.00104 e. The van der Waals surface area contributed by atoms with E-state index in [4.69, 9.17) is 5.73 Å². The van der Waals surface area contributed by atoms with Crippen LogP contribution >= 0.6 is 0 Å². The van der Waals surface area contributed by atoms with E-state index in [2.05, 4.69) is 51.1 Å². The Morgan fingerprint density at radius 3 is 2.33 bits per heavy atom. The summed E-state index contributed by atoms with van der Waals surface area (Å²) in [5.41, 5.74) is 7.46. The van der Waals surface area contributed by atoms with Gasteiger partial charge in [-0.1, -0.05) is 50.6 Å². The van der Waals surface area contributed by atoms with Gasteiger partial charge in [-0.3, -0.25) is 0 Å². The van der Waals surface area contributed by atoms with Gasteiger partial charge in [0.15, 0.2) is 0 Å². The van der Waals surface area contributed by atoms with E-state index < -0.39 is 0 Å². The average molecular weight is 205 g/mol. The molecule has 1 rings (SSSR count). The van der Waals surface area contributed by atoms with Crippen LogP contribution < -0.4 is 5.73 Å². The first-order chi connectivity index (χ1) is 7.02. The van der Waals surface area contributed by atoms with Crippen molar-refractivity contribution in [2.45, 2.75) is 51.5 Å². The van der Waals surface area contributed by atoms with Crippen molar-refractivity contribution in [2.24, 2.45) is 5.73 Å². The first-order valence-electron chi connectivity index (χ1n) is 5.83. The van der Waals surface area contributed by atoms with E-state index in [0.29, 0.717) is 6.04 Å². The molecular weight excluding hydrogens is 182 g/mol. The Balaban J connectivity index is 2.52. The highest BCUT2D eigenvalue weighted by molar-refractivity contribution is 5.23. The summed E-state index contributed by atoms with van der Waals surface area (Å²) >= 11 is 0. The minimum Gasteiger partial charge on any atom is -0.328 e. The summed E-state index contributed by atoms with van der Waals surface area (Å²) in [6.07, 6.45) is 3.54. The van der Waals surface area contributed by atoms with Crippen molar-refractivity contribution in [1.29, 1.82) is 0 Å². The summed E-state index contributed by atoms with van der Waals surface area (Å²) in [4.78, 5) is 0. The second kappa shape index (κ2) is 5.32. The van der Waals surface area contributed by atoms with Crippen LogP contribution in [0.5, 0.6) is 0 Å². The predicted molar refractivity (Wildman–Crippen MR) is 67.0 cm³/mol. The van der Waals surface area contributed by atoms with Crippen molar-refractivity contribution >= 4 is 0 Å². The van der Waals surface area contributed by atoms with Crippen molar-refractivity contribution < 1.29 is 0 Å². The van der Waals surface area contributed by atoms with E-state index in [1.165, 1.54) is 18.4 Å². The zero-order valence-corrected chi connectivity index (χ0v) is 10.2. The van der Waals surface area contributed by atoms with Gasteiger partial charge >= 0.3 is 0 Å². The van der Waals surface area contributed by atoms with Crippen LogP contribution in [-0.4, -0.2) is 6.04 Å². The Kier molecular flexibility index (Phi) is 4.34. The van der Waals surface area contributed by atoms with Crippen LogP contribution in [0.2, 0.25) is 0 Å². The van der Waals surface area contributed by atoms with Crippen molar-refractivity contribution in [1.82, 2.24) is 0 Å². The Labute approximate surface area is 93.7 Å². The summed E-state index contributed by atoms with van der Waals surface area (Å²) < 4.78 is 0. The van der Waals surface area contributed by atoms with Gasteiger partial charge in [-0.05, 0) is 30.7 Å². The van der Waals surface area contributed by atoms with Gasteiger partial charge in [-0.25, -0.2) is 0 Å². The molecule has 0 fully saturated rings. The van der Waals surface area contributed by atoms with Crippen LogP contribution in [0.3, 0.4) is 0 Å². The first kappa shape index (κ1) is 12.3. The molecule has 15 heavy (non-hydrogen) atoms. The van der Waals surface area contributed by atoms with Crippen LogP contribution in [0.15, 0.2) is 30.3 Å². The number of rotatable bonds is 5. The molecule has 84 valence electrons. The first-order valence-corrected chi connectivity index (χ1v) is 5.83. The summed E-state index contributed by atoms with van der Waals surface area (Å²) in [5.74, 6) is 0. The lowest BCUT2D eigenvalue weighted by Crippen LogP contribution is -2.19. The van der Waals surface area contributed by atoms with E-state index in [0.717, 1.165) is 6.42 Å². The predicted octanol–water partition coefficient (Wildman–Crippen LogP) is 3.48. The molecule has 0 spiro atoms. The van der Waals surface area contributed by atoms with Gasteiger partial charge in [0.1, 0.15) is 0 Å². The lowest BCUT2D eigenvalue weighted by molar-refractivity contribution is 0.439. The standard InChI is InChI=1S/C14H23N/c1-12(15)8-7-11-14(2,3)13-9-5-4-6-10-13/h4-6,9-10,12H,7-8,11,15H2,1-3H3. The normalized spacial score (nSPS) is 13.9. The Hall–Kier alpha value is -0.820. The molecule has 0 amide bonds. The fraction of sp³-hybridized carbons (Fsp3) is 0.571. The van der Waals surface area contributed by atoms with E-state index in [1.807, 2.05) is 0 Å². The highest BCUT2D eigenvalue weighted by Gasteiger charge is 2.19. The maximum absolute atomic E-state index is 5.76. The minimum atomic E-state index is 0.274. The van der Waals surface area contributed by atoms with Crippen molar-refractivity contribution in [3.8, 4) is 0 Å². The zero-order chi connectivity index (χ0) is 11.3. The third-order valence-corrected chi connectivity index (χ3v) is 3.02. The summed E-state index contributed by atoms with van der Waals surface area (Å²) in [6, 6.07) is 11.1. The van der Waals surface area contributed by atoms with Crippen molar-refractivity contribution in [3.05, 3.63) is 35.9 Å². The minimum absolute atomic E-state index is 0.274. The molecule has 0 aromatic heterocycles. The molecule has 1 nitrogen and oxygen atoms in total. The van der Waals surface area contributed by atoms with Gasteiger partial charge in [0.25, 0.3) is 0 Å². The number of nitrogens with two attached hydrogens (primary N) is 1. The van der Waals surface area contributed by atoms with Crippen LogP contribution in [0.1, 0.15) is 45.6 Å². The summed E-state index contributed by atoms with van der Waals surface area (Å²) in [6.45, 7) is 6.70. The van der Waals surface area contributed by atoms with Gasteiger partial charge in [-0.2, -0.15) is 0 Å². The number of hydrogen-bond acceptors (Lipinski definition) is 1. The van der Waals surface area contributed by atoms with Gasteiger partial charge in [0.05, 0.1) is 0 Å². The molecule has 0 aliphatic heterocycles. The number of benzene rings is 1. The molecule has 0 saturated heterocycles. The molecule has 1 atom stereocenters. The van der Waals surface area contributed by atoms with Crippen LogP contribution in [0.25, 0.3) is 0 Å². The molecule has 1 aromatic rings. The van der Waals surface area contributed by atoms with Gasteiger partial charge in [0.2, 0.25) is 0 Å². The largest absolute Gasteiger partial charge is 0.328 e. The topological polar surface area (TPSA) is 26.0 Å². The third-order valence-electron chi connectivity index (χ3n) is 3.02. The molecule has 1 unspecified atom stereocenters. The van der Waals surface area contributed by atoms with E-state index >= 15 is 0 Å². The third kappa shape index (κ3) is 4.05.